The van der Waals surface area contributed by atoms with Crippen LogP contribution in [-0.2, 0) is 4.79 Å². The smallest absolute Gasteiger partial charge is 0.258 e. The molecule has 31 heavy (non-hydrogen) atoms. The fourth-order valence-corrected chi connectivity index (χ4v) is 5.45. The van der Waals surface area contributed by atoms with Crippen molar-refractivity contribution in [2.75, 3.05) is 50.5 Å². The number of nitrogens with zero attached hydrogens (tertiary/aromatic N) is 3. The van der Waals surface area contributed by atoms with E-state index >= 15 is 0 Å². The van der Waals surface area contributed by atoms with Gasteiger partial charge in [0.15, 0.2) is 0 Å². The molecule has 1 aromatic carbocycles. The first kappa shape index (κ1) is 22.0. The van der Waals surface area contributed by atoms with Crippen molar-refractivity contribution in [2.24, 2.45) is 5.92 Å². The molecule has 1 saturated heterocycles. The summed E-state index contributed by atoms with van der Waals surface area (Å²) in [5, 5.41) is 4.82. The highest BCUT2D eigenvalue weighted by Gasteiger charge is 2.33. The third-order valence-electron chi connectivity index (χ3n) is 6.34. The van der Waals surface area contributed by atoms with Crippen LogP contribution in [0.5, 0.6) is 0 Å². The Kier molecular flexibility index (Phi) is 6.74. The average Bonchev–Trinajstić information content (AvgIpc) is 3.05. The third-order valence-corrected chi connectivity index (χ3v) is 7.24. The number of carbonyl (C=O) groups is 2. The lowest BCUT2D eigenvalue weighted by molar-refractivity contribution is -0.119. The summed E-state index contributed by atoms with van der Waals surface area (Å²) in [6.07, 6.45) is 4.81. The van der Waals surface area contributed by atoms with Gasteiger partial charge in [-0.05, 0) is 84.4 Å². The highest BCUT2D eigenvalue weighted by molar-refractivity contribution is 7.11. The number of fused-ring (bicyclic) bond motifs is 2. The van der Waals surface area contributed by atoms with Crippen molar-refractivity contribution in [2.45, 2.75) is 32.6 Å². The number of aryl methyl sites for hydroxylation is 1. The monoisotopic (exact) mass is 440 g/mol. The van der Waals surface area contributed by atoms with Gasteiger partial charge in [0.25, 0.3) is 5.91 Å². The second kappa shape index (κ2) is 9.51. The highest BCUT2D eigenvalue weighted by Crippen LogP contribution is 2.42. The number of nitrogens with one attached hydrogen (secondary N) is 1. The van der Waals surface area contributed by atoms with Crippen molar-refractivity contribution in [1.82, 2.24) is 9.80 Å². The van der Waals surface area contributed by atoms with Crippen LogP contribution in [0.1, 0.15) is 40.9 Å². The Hall–Kier alpha value is -2.22. The molecule has 0 radical (unpaired) electrons. The van der Waals surface area contributed by atoms with Crippen LogP contribution in [0.15, 0.2) is 29.6 Å². The highest BCUT2D eigenvalue weighted by atomic mass is 32.1. The number of hydrogen-bond acceptors (Lipinski definition) is 5. The van der Waals surface area contributed by atoms with Crippen LogP contribution in [0, 0.1) is 12.8 Å². The van der Waals surface area contributed by atoms with Crippen molar-refractivity contribution in [3.05, 3.63) is 40.1 Å². The molecule has 2 aliphatic heterocycles. The minimum Gasteiger partial charge on any atom is -0.320 e. The van der Waals surface area contributed by atoms with Crippen molar-refractivity contribution in [1.29, 1.82) is 0 Å². The van der Waals surface area contributed by atoms with Gasteiger partial charge in [0.05, 0.1) is 29.2 Å². The van der Waals surface area contributed by atoms with E-state index in [1.54, 1.807) is 4.90 Å². The Morgan fingerprint density at radius 2 is 1.97 bits per heavy atom. The van der Waals surface area contributed by atoms with Gasteiger partial charge >= 0.3 is 0 Å². The Labute approximate surface area is 188 Å². The van der Waals surface area contributed by atoms with E-state index < -0.39 is 0 Å². The molecule has 1 N–H and O–H groups in total. The van der Waals surface area contributed by atoms with Gasteiger partial charge < -0.3 is 10.2 Å². The summed E-state index contributed by atoms with van der Waals surface area (Å²) >= 11 is 1.51. The van der Waals surface area contributed by atoms with Crippen LogP contribution < -0.4 is 10.2 Å². The molecule has 0 aliphatic carbocycles. The summed E-state index contributed by atoms with van der Waals surface area (Å²) < 4.78 is 0. The number of carbonyl (C=O) groups excluding carboxylic acids is 2. The Bertz CT molecular complexity index is 947. The maximum atomic E-state index is 13.6. The Morgan fingerprint density at radius 3 is 2.71 bits per heavy atom. The summed E-state index contributed by atoms with van der Waals surface area (Å²) in [6.45, 7) is 5.41. The van der Waals surface area contributed by atoms with Gasteiger partial charge in [-0.25, -0.2) is 0 Å². The molecule has 0 bridgehead atoms. The molecule has 1 fully saturated rings. The summed E-state index contributed by atoms with van der Waals surface area (Å²) in [4.78, 5) is 33.6. The van der Waals surface area contributed by atoms with E-state index in [1.165, 1.54) is 24.2 Å². The molecule has 6 nitrogen and oxygen atoms in total. The first-order valence-electron chi connectivity index (χ1n) is 11.1. The molecule has 166 valence electrons. The van der Waals surface area contributed by atoms with E-state index in [9.17, 15) is 9.59 Å². The van der Waals surface area contributed by atoms with E-state index in [0.717, 1.165) is 54.6 Å². The molecule has 0 atom stereocenters. The lowest BCUT2D eigenvalue weighted by Crippen LogP contribution is -2.42. The van der Waals surface area contributed by atoms with E-state index in [1.807, 2.05) is 36.6 Å². The summed E-state index contributed by atoms with van der Waals surface area (Å²) in [5.41, 5.74) is 2.74. The van der Waals surface area contributed by atoms with Crippen LogP contribution in [0.4, 0.5) is 17.1 Å². The van der Waals surface area contributed by atoms with Gasteiger partial charge in [0, 0.05) is 10.3 Å². The van der Waals surface area contributed by atoms with Crippen molar-refractivity contribution >= 4 is 40.2 Å². The first-order valence-corrected chi connectivity index (χ1v) is 12.0. The predicted molar refractivity (Wildman–Crippen MR) is 128 cm³/mol. The lowest BCUT2D eigenvalue weighted by Gasteiger charge is -2.33. The van der Waals surface area contributed by atoms with Crippen molar-refractivity contribution in [3.8, 4) is 0 Å². The second-order valence-electron chi connectivity index (χ2n) is 8.92. The number of hydrogen-bond donors (Lipinski definition) is 1. The van der Waals surface area contributed by atoms with E-state index in [4.69, 9.17) is 0 Å². The fourth-order valence-electron chi connectivity index (χ4n) is 4.62. The average molecular weight is 441 g/mol. The molecule has 4 rings (SSSR count). The lowest BCUT2D eigenvalue weighted by atomic mass is 9.92. The minimum absolute atomic E-state index is 0.0257. The maximum absolute atomic E-state index is 13.6. The summed E-state index contributed by atoms with van der Waals surface area (Å²) in [6, 6.07) is 7.57. The SMILES string of the molecule is Cc1scc2c1N(C(=O)CN1CCC(CCCN(C)C)CC1)c1ccccc1NC2=O. The van der Waals surface area contributed by atoms with Crippen LogP contribution in [0.3, 0.4) is 0 Å². The third kappa shape index (κ3) is 4.84. The zero-order valence-electron chi connectivity index (χ0n) is 18.7. The molecule has 2 aromatic rings. The molecular formula is C24H32N4O2S. The van der Waals surface area contributed by atoms with E-state index in [0.29, 0.717) is 17.8 Å². The molecule has 2 aliphatic rings. The van der Waals surface area contributed by atoms with Gasteiger partial charge in [-0.2, -0.15) is 0 Å². The Morgan fingerprint density at radius 1 is 1.23 bits per heavy atom. The number of benzene rings is 1. The second-order valence-corrected chi connectivity index (χ2v) is 10.0. The predicted octanol–water partition coefficient (Wildman–Crippen LogP) is 4.34. The number of likely N-dealkylation sites (tertiary alicyclic amines) is 1. The van der Waals surface area contributed by atoms with Gasteiger partial charge in [-0.1, -0.05) is 12.1 Å². The molecule has 0 saturated carbocycles. The molecule has 0 spiro atoms. The van der Waals surface area contributed by atoms with Crippen LogP contribution in [-0.4, -0.2) is 61.9 Å². The van der Waals surface area contributed by atoms with Gasteiger partial charge in [-0.3, -0.25) is 19.4 Å². The van der Waals surface area contributed by atoms with Crippen molar-refractivity contribution in [3.63, 3.8) is 0 Å². The molecule has 1 aromatic heterocycles. The minimum atomic E-state index is -0.152. The van der Waals surface area contributed by atoms with Gasteiger partial charge in [0.2, 0.25) is 5.91 Å². The summed E-state index contributed by atoms with van der Waals surface area (Å²) in [7, 11) is 4.25. The number of rotatable bonds is 6. The fraction of sp³-hybridized carbons (Fsp3) is 0.500. The number of para-hydroxylation sites is 2. The first-order chi connectivity index (χ1) is 14.9. The van der Waals surface area contributed by atoms with Crippen LogP contribution in [0.25, 0.3) is 0 Å². The summed E-state index contributed by atoms with van der Waals surface area (Å²) in [5.74, 6) is 0.635. The van der Waals surface area contributed by atoms with Gasteiger partial charge in [-0.15, -0.1) is 11.3 Å². The topological polar surface area (TPSA) is 55.9 Å². The molecule has 0 unspecified atom stereocenters. The largest absolute Gasteiger partial charge is 0.320 e. The molecule has 7 heteroatoms. The number of thiophene rings is 1. The Balaban J connectivity index is 1.47. The van der Waals surface area contributed by atoms with E-state index in [-0.39, 0.29) is 11.8 Å². The van der Waals surface area contributed by atoms with Gasteiger partial charge in [0.1, 0.15) is 0 Å². The molecule has 2 amide bonds. The number of amides is 2. The molecule has 3 heterocycles. The zero-order valence-corrected chi connectivity index (χ0v) is 19.5. The molecular weight excluding hydrogens is 408 g/mol. The van der Waals surface area contributed by atoms with Crippen molar-refractivity contribution < 1.29 is 9.59 Å². The number of piperidine rings is 1. The normalized spacial score (nSPS) is 17.3. The quantitative estimate of drug-likeness (QED) is 0.726. The number of anilines is 3. The zero-order chi connectivity index (χ0) is 22.0. The van der Waals surface area contributed by atoms with E-state index in [2.05, 4.69) is 29.2 Å². The standard InChI is InChI=1S/C24H32N4O2S/c1-17-23-19(16-31-17)24(30)25-20-8-4-5-9-21(20)28(23)22(29)15-27-13-10-18(11-14-27)7-6-12-26(2)3/h4-5,8-9,16,18H,6-7,10-15H2,1-3H3,(H,25,30). The van der Waals surface area contributed by atoms with Crippen LogP contribution >= 0.6 is 11.3 Å². The maximum Gasteiger partial charge on any atom is 0.258 e. The van der Waals surface area contributed by atoms with Crippen LogP contribution in [0.2, 0.25) is 0 Å².